The van der Waals surface area contributed by atoms with Crippen LogP contribution in [0.5, 0.6) is 5.75 Å². The van der Waals surface area contributed by atoms with Crippen LogP contribution < -0.4 is 10.1 Å². The number of nitrogens with zero attached hydrogens (tertiary/aromatic N) is 1. The number of benzene rings is 1. The molecule has 0 saturated carbocycles. The van der Waals surface area contributed by atoms with E-state index in [2.05, 4.69) is 15.0 Å². The number of hydrogen-bond donors (Lipinski definition) is 1. The van der Waals surface area contributed by atoms with Crippen molar-refractivity contribution in [3.05, 3.63) is 59.4 Å². The number of hydrogen-bond acceptors (Lipinski definition) is 5. The van der Waals surface area contributed by atoms with E-state index in [1.54, 1.807) is 13.2 Å². The van der Waals surface area contributed by atoms with Crippen molar-refractivity contribution >= 4 is 5.97 Å². The van der Waals surface area contributed by atoms with E-state index >= 15 is 0 Å². The fourth-order valence-corrected chi connectivity index (χ4v) is 1.94. The van der Waals surface area contributed by atoms with E-state index in [1.165, 1.54) is 13.3 Å². The zero-order valence-electron chi connectivity index (χ0n) is 12.1. The molecular formula is C16H18N2O3. The molecule has 0 aliphatic rings. The Morgan fingerprint density at radius 2 is 1.95 bits per heavy atom. The molecule has 1 heterocycles. The van der Waals surface area contributed by atoms with Gasteiger partial charge in [0.1, 0.15) is 5.75 Å². The number of esters is 1. The average Bonchev–Trinajstić information content (AvgIpc) is 2.55. The number of aromatic nitrogens is 1. The van der Waals surface area contributed by atoms with E-state index in [9.17, 15) is 4.79 Å². The largest absolute Gasteiger partial charge is 0.496 e. The predicted molar refractivity (Wildman–Crippen MR) is 79.1 cm³/mol. The molecule has 2 aromatic rings. The summed E-state index contributed by atoms with van der Waals surface area (Å²) >= 11 is 0. The number of ether oxygens (including phenoxy) is 2. The van der Waals surface area contributed by atoms with Crippen molar-refractivity contribution < 1.29 is 14.3 Å². The average molecular weight is 286 g/mol. The summed E-state index contributed by atoms with van der Waals surface area (Å²) in [5, 5.41) is 3.30. The summed E-state index contributed by atoms with van der Waals surface area (Å²) in [6, 6.07) is 11.4. The summed E-state index contributed by atoms with van der Waals surface area (Å²) in [4.78, 5) is 15.5. The Morgan fingerprint density at radius 3 is 2.62 bits per heavy atom. The van der Waals surface area contributed by atoms with Crippen LogP contribution in [0.4, 0.5) is 0 Å². The number of carbonyl (C=O) groups excluding carboxylic acids is 1. The molecule has 21 heavy (non-hydrogen) atoms. The SMILES string of the molecule is COC(=O)c1ccc(CNCc2ccccc2OC)nc1. The Hall–Kier alpha value is -2.40. The van der Waals surface area contributed by atoms with Crippen LogP contribution in [-0.2, 0) is 17.8 Å². The van der Waals surface area contributed by atoms with Crippen LogP contribution >= 0.6 is 0 Å². The second-order valence-corrected chi connectivity index (χ2v) is 4.45. The standard InChI is InChI=1S/C16H18N2O3/c1-20-15-6-4-3-5-12(15)9-17-11-14-8-7-13(10-18-14)16(19)21-2/h3-8,10,17H,9,11H2,1-2H3. The molecule has 1 aromatic carbocycles. The highest BCUT2D eigenvalue weighted by Crippen LogP contribution is 2.16. The molecule has 0 spiro atoms. The van der Waals surface area contributed by atoms with Gasteiger partial charge in [-0.25, -0.2) is 4.79 Å². The monoisotopic (exact) mass is 286 g/mol. The quantitative estimate of drug-likeness (QED) is 0.825. The fourth-order valence-electron chi connectivity index (χ4n) is 1.94. The Morgan fingerprint density at radius 1 is 1.14 bits per heavy atom. The molecule has 0 bridgehead atoms. The molecule has 0 unspecified atom stereocenters. The van der Waals surface area contributed by atoms with E-state index in [4.69, 9.17) is 4.74 Å². The number of rotatable bonds is 6. The second-order valence-electron chi connectivity index (χ2n) is 4.45. The van der Waals surface area contributed by atoms with Gasteiger partial charge in [-0.2, -0.15) is 0 Å². The minimum Gasteiger partial charge on any atom is -0.496 e. The van der Waals surface area contributed by atoms with E-state index in [0.29, 0.717) is 18.7 Å². The Balaban J connectivity index is 1.90. The van der Waals surface area contributed by atoms with Crippen LogP contribution in [0.25, 0.3) is 0 Å². The van der Waals surface area contributed by atoms with Gasteiger partial charge >= 0.3 is 5.97 Å². The Kier molecular flexibility index (Phi) is 5.29. The van der Waals surface area contributed by atoms with E-state index in [-0.39, 0.29) is 5.97 Å². The zero-order chi connectivity index (χ0) is 15.1. The van der Waals surface area contributed by atoms with Crippen molar-refractivity contribution in [3.8, 4) is 5.75 Å². The maximum Gasteiger partial charge on any atom is 0.339 e. The van der Waals surface area contributed by atoms with Crippen LogP contribution in [0.15, 0.2) is 42.6 Å². The second kappa shape index (κ2) is 7.40. The van der Waals surface area contributed by atoms with Gasteiger partial charge in [-0.15, -0.1) is 0 Å². The number of carbonyl (C=O) groups is 1. The lowest BCUT2D eigenvalue weighted by atomic mass is 10.2. The number of nitrogens with one attached hydrogen (secondary N) is 1. The van der Waals surface area contributed by atoms with Gasteiger partial charge in [0.05, 0.1) is 25.5 Å². The Bertz CT molecular complexity index is 597. The minimum absolute atomic E-state index is 0.379. The molecule has 0 radical (unpaired) electrons. The first-order valence-corrected chi connectivity index (χ1v) is 6.60. The normalized spacial score (nSPS) is 10.2. The zero-order valence-corrected chi connectivity index (χ0v) is 12.1. The number of para-hydroxylation sites is 1. The van der Waals surface area contributed by atoms with Crippen LogP contribution in [0.3, 0.4) is 0 Å². The molecular weight excluding hydrogens is 268 g/mol. The van der Waals surface area contributed by atoms with Crippen LogP contribution in [0, 0.1) is 0 Å². The van der Waals surface area contributed by atoms with Crippen molar-refractivity contribution in [1.29, 1.82) is 0 Å². The highest BCUT2D eigenvalue weighted by Gasteiger charge is 2.05. The molecule has 0 fully saturated rings. The highest BCUT2D eigenvalue weighted by molar-refractivity contribution is 5.88. The number of methoxy groups -OCH3 is 2. The minimum atomic E-state index is -0.379. The first-order valence-electron chi connectivity index (χ1n) is 6.60. The van der Waals surface area contributed by atoms with Gasteiger partial charge < -0.3 is 14.8 Å². The van der Waals surface area contributed by atoms with Crippen molar-refractivity contribution in [2.24, 2.45) is 0 Å². The molecule has 0 aliphatic carbocycles. The van der Waals surface area contributed by atoms with E-state index in [1.807, 2.05) is 30.3 Å². The van der Waals surface area contributed by atoms with Crippen LogP contribution in [0.2, 0.25) is 0 Å². The van der Waals surface area contributed by atoms with Gasteiger partial charge in [0.15, 0.2) is 0 Å². The molecule has 1 aromatic heterocycles. The Labute approximate surface area is 123 Å². The van der Waals surface area contributed by atoms with Gasteiger partial charge in [-0.3, -0.25) is 4.98 Å². The summed E-state index contributed by atoms with van der Waals surface area (Å²) in [7, 11) is 3.01. The lowest BCUT2D eigenvalue weighted by molar-refractivity contribution is 0.0600. The molecule has 0 atom stereocenters. The maximum atomic E-state index is 11.3. The lowest BCUT2D eigenvalue weighted by Crippen LogP contribution is -2.14. The maximum absolute atomic E-state index is 11.3. The smallest absolute Gasteiger partial charge is 0.339 e. The molecule has 2 rings (SSSR count). The van der Waals surface area contributed by atoms with Gasteiger partial charge in [-0.05, 0) is 18.2 Å². The van der Waals surface area contributed by atoms with Crippen molar-refractivity contribution in [1.82, 2.24) is 10.3 Å². The number of pyridine rings is 1. The predicted octanol–water partition coefficient (Wildman–Crippen LogP) is 2.17. The molecule has 5 heteroatoms. The third-order valence-electron chi connectivity index (χ3n) is 3.06. The van der Waals surface area contributed by atoms with Crippen LogP contribution in [-0.4, -0.2) is 25.2 Å². The van der Waals surface area contributed by atoms with Gasteiger partial charge in [-0.1, -0.05) is 18.2 Å². The summed E-state index contributed by atoms with van der Waals surface area (Å²) in [5.74, 6) is 0.482. The molecule has 0 aliphatic heterocycles. The fraction of sp³-hybridized carbons (Fsp3) is 0.250. The molecule has 1 N–H and O–H groups in total. The van der Waals surface area contributed by atoms with Crippen LogP contribution in [0.1, 0.15) is 21.6 Å². The lowest BCUT2D eigenvalue weighted by Gasteiger charge is -2.09. The first-order chi connectivity index (χ1) is 10.2. The summed E-state index contributed by atoms with van der Waals surface area (Å²) in [6.07, 6.45) is 1.52. The summed E-state index contributed by atoms with van der Waals surface area (Å²) in [6.45, 7) is 1.30. The van der Waals surface area contributed by atoms with E-state index in [0.717, 1.165) is 17.0 Å². The van der Waals surface area contributed by atoms with Gasteiger partial charge in [0, 0.05) is 24.8 Å². The van der Waals surface area contributed by atoms with Crippen molar-refractivity contribution in [2.75, 3.05) is 14.2 Å². The third-order valence-corrected chi connectivity index (χ3v) is 3.06. The molecule has 5 nitrogen and oxygen atoms in total. The van der Waals surface area contributed by atoms with Gasteiger partial charge in [0.2, 0.25) is 0 Å². The van der Waals surface area contributed by atoms with Crippen molar-refractivity contribution in [3.63, 3.8) is 0 Å². The third kappa shape index (κ3) is 4.03. The van der Waals surface area contributed by atoms with E-state index < -0.39 is 0 Å². The topological polar surface area (TPSA) is 60.5 Å². The summed E-state index contributed by atoms with van der Waals surface area (Å²) in [5.41, 5.74) is 2.40. The molecule has 110 valence electrons. The molecule has 0 saturated heterocycles. The van der Waals surface area contributed by atoms with Gasteiger partial charge in [0.25, 0.3) is 0 Å². The summed E-state index contributed by atoms with van der Waals surface area (Å²) < 4.78 is 9.93. The molecule has 0 amide bonds. The highest BCUT2D eigenvalue weighted by atomic mass is 16.5. The van der Waals surface area contributed by atoms with Crippen molar-refractivity contribution in [2.45, 2.75) is 13.1 Å². The first kappa shape index (κ1) is 15.0.